The van der Waals surface area contributed by atoms with Crippen LogP contribution in [0.5, 0.6) is 0 Å². The van der Waals surface area contributed by atoms with Gasteiger partial charge < -0.3 is 31.6 Å². The van der Waals surface area contributed by atoms with Gasteiger partial charge in [-0.15, -0.1) is 0 Å². The summed E-state index contributed by atoms with van der Waals surface area (Å²) in [5.41, 5.74) is 11.5. The lowest BCUT2D eigenvalue weighted by Gasteiger charge is -2.07. The van der Waals surface area contributed by atoms with Gasteiger partial charge in [0.15, 0.2) is 0 Å². The zero-order valence-corrected chi connectivity index (χ0v) is 19.1. The second-order valence-electron chi connectivity index (χ2n) is 5.93. The molecule has 9 nitrogen and oxygen atoms in total. The van der Waals surface area contributed by atoms with Gasteiger partial charge in [0.2, 0.25) is 17.1 Å². The average Bonchev–Trinajstić information content (AvgIpc) is 2.68. The van der Waals surface area contributed by atoms with E-state index in [1.807, 2.05) is 0 Å². The number of hydrogen-bond acceptors (Lipinski definition) is 7. The van der Waals surface area contributed by atoms with Crippen molar-refractivity contribution in [3.05, 3.63) is 36.5 Å². The van der Waals surface area contributed by atoms with Crippen molar-refractivity contribution in [2.75, 3.05) is 52.6 Å². The Balaban J connectivity index is -0.000000459. The predicted molar refractivity (Wildman–Crippen MR) is 121 cm³/mol. The first-order chi connectivity index (χ1) is 14.0. The molecule has 0 unspecified atom stereocenters. The van der Waals surface area contributed by atoms with Gasteiger partial charge in [0.25, 0.3) is 0 Å². The standard InChI is InChI=1S/C12H20N2O3.C4H5ClO.C4H12N2O/c1-9(2)11(15)13-5-7-17-8-6-14-12(16)10(3)4;1-3(2)4(5)6;5-1-3-7-4-2-6/h1,3,5-8H2,2,4H3,(H,13,15)(H,14,16);1H2,2H3;1-6H2. The maximum Gasteiger partial charge on any atom is 0.247 e. The number of amides is 2. The molecular formula is C20H37ClN4O5. The van der Waals surface area contributed by atoms with Crippen LogP contribution in [0.3, 0.4) is 0 Å². The van der Waals surface area contributed by atoms with Crippen molar-refractivity contribution < 1.29 is 23.9 Å². The van der Waals surface area contributed by atoms with Crippen molar-refractivity contribution in [2.45, 2.75) is 20.8 Å². The summed E-state index contributed by atoms with van der Waals surface area (Å²) in [7, 11) is 0. The van der Waals surface area contributed by atoms with Gasteiger partial charge >= 0.3 is 0 Å². The van der Waals surface area contributed by atoms with Crippen LogP contribution in [0.2, 0.25) is 0 Å². The van der Waals surface area contributed by atoms with Gasteiger partial charge in [-0.05, 0) is 32.4 Å². The summed E-state index contributed by atoms with van der Waals surface area (Å²) in [5, 5.41) is 4.81. The highest BCUT2D eigenvalue weighted by Gasteiger charge is 2.01. The molecule has 30 heavy (non-hydrogen) atoms. The number of carbonyl (C=O) groups is 3. The van der Waals surface area contributed by atoms with Crippen LogP contribution in [-0.4, -0.2) is 69.7 Å². The highest BCUT2D eigenvalue weighted by atomic mass is 35.5. The number of nitrogens with two attached hydrogens (primary N) is 2. The SMILES string of the molecule is C=C(C)C(=O)Cl.C=C(C)C(=O)NCCOCCNC(=O)C(=C)C.NCCOCCN. The van der Waals surface area contributed by atoms with E-state index in [-0.39, 0.29) is 11.8 Å². The molecule has 0 atom stereocenters. The molecular weight excluding hydrogens is 412 g/mol. The molecule has 174 valence electrons. The number of ether oxygens (including phenoxy) is 2. The van der Waals surface area contributed by atoms with Crippen molar-refractivity contribution in [1.29, 1.82) is 0 Å². The van der Waals surface area contributed by atoms with Crippen LogP contribution in [0, 0.1) is 0 Å². The second-order valence-corrected chi connectivity index (χ2v) is 6.27. The van der Waals surface area contributed by atoms with Gasteiger partial charge in [0, 0.05) is 42.9 Å². The van der Waals surface area contributed by atoms with E-state index in [4.69, 9.17) is 32.5 Å². The first kappa shape index (κ1) is 32.6. The molecule has 0 spiro atoms. The summed E-state index contributed by atoms with van der Waals surface area (Å²) in [4.78, 5) is 31.9. The van der Waals surface area contributed by atoms with Gasteiger partial charge in [-0.25, -0.2) is 0 Å². The van der Waals surface area contributed by atoms with Gasteiger partial charge in [-0.1, -0.05) is 19.7 Å². The molecule has 0 aliphatic rings. The summed E-state index contributed by atoms with van der Waals surface area (Å²) in [6, 6.07) is 0. The fourth-order valence-corrected chi connectivity index (χ4v) is 1.15. The Morgan fingerprint density at radius 3 is 1.27 bits per heavy atom. The van der Waals surface area contributed by atoms with Crippen molar-refractivity contribution >= 4 is 28.7 Å². The molecule has 0 aliphatic heterocycles. The molecule has 0 aromatic rings. The fraction of sp³-hybridized carbons (Fsp3) is 0.550. The Bertz CT molecular complexity index is 507. The van der Waals surface area contributed by atoms with E-state index in [0.29, 0.717) is 69.3 Å². The maximum atomic E-state index is 11.1. The number of halogens is 1. The summed E-state index contributed by atoms with van der Waals surface area (Å²) < 4.78 is 10.1. The molecule has 0 saturated heterocycles. The number of allylic oxidation sites excluding steroid dienone is 1. The molecule has 0 fully saturated rings. The average molecular weight is 449 g/mol. The molecule has 0 aliphatic carbocycles. The van der Waals surface area contributed by atoms with E-state index < -0.39 is 5.24 Å². The van der Waals surface area contributed by atoms with Crippen molar-refractivity contribution in [3.8, 4) is 0 Å². The molecule has 0 radical (unpaired) electrons. The third kappa shape index (κ3) is 28.2. The zero-order chi connectivity index (χ0) is 23.9. The zero-order valence-electron chi connectivity index (χ0n) is 18.4. The van der Waals surface area contributed by atoms with Gasteiger partial charge in [0.1, 0.15) is 0 Å². The molecule has 0 aromatic heterocycles. The number of carbonyl (C=O) groups excluding carboxylic acids is 3. The van der Waals surface area contributed by atoms with Gasteiger partial charge in [0.05, 0.1) is 26.4 Å². The molecule has 10 heteroatoms. The molecule has 0 aromatic carbocycles. The van der Waals surface area contributed by atoms with Gasteiger partial charge in [-0.2, -0.15) is 0 Å². The molecule has 0 bridgehead atoms. The smallest absolute Gasteiger partial charge is 0.247 e. The highest BCUT2D eigenvalue weighted by Crippen LogP contribution is 1.91. The number of rotatable bonds is 13. The van der Waals surface area contributed by atoms with E-state index in [1.165, 1.54) is 0 Å². The third-order valence-corrected chi connectivity index (χ3v) is 3.02. The number of nitrogens with one attached hydrogen (secondary N) is 2. The van der Waals surface area contributed by atoms with E-state index in [2.05, 4.69) is 30.4 Å². The van der Waals surface area contributed by atoms with Crippen LogP contribution in [-0.2, 0) is 23.9 Å². The third-order valence-electron chi connectivity index (χ3n) is 2.70. The highest BCUT2D eigenvalue weighted by molar-refractivity contribution is 6.67. The normalized spacial score (nSPS) is 9.13. The van der Waals surface area contributed by atoms with Crippen molar-refractivity contribution in [1.82, 2.24) is 10.6 Å². The quantitative estimate of drug-likeness (QED) is 0.183. The van der Waals surface area contributed by atoms with Crippen LogP contribution in [0.1, 0.15) is 20.8 Å². The van der Waals surface area contributed by atoms with Crippen LogP contribution >= 0.6 is 11.6 Å². The Labute approximate surface area is 184 Å². The Hall–Kier alpha value is -2.04. The predicted octanol–water partition coefficient (Wildman–Crippen LogP) is 0.636. The lowest BCUT2D eigenvalue weighted by molar-refractivity contribution is -0.118. The maximum absolute atomic E-state index is 11.1. The molecule has 0 heterocycles. The van der Waals surface area contributed by atoms with Crippen molar-refractivity contribution in [3.63, 3.8) is 0 Å². The number of hydrogen-bond donors (Lipinski definition) is 4. The summed E-state index contributed by atoms with van der Waals surface area (Å²) in [5.74, 6) is -0.353. The molecule has 0 saturated carbocycles. The Kier molecular flexibility index (Phi) is 25.3. The fourth-order valence-electron chi connectivity index (χ4n) is 1.15. The van der Waals surface area contributed by atoms with Crippen LogP contribution in [0.15, 0.2) is 36.5 Å². The first-order valence-corrected chi connectivity index (χ1v) is 9.67. The summed E-state index contributed by atoms with van der Waals surface area (Å²) >= 11 is 4.87. The largest absolute Gasteiger partial charge is 0.379 e. The topological polar surface area (TPSA) is 146 Å². The molecule has 2 amide bonds. The van der Waals surface area contributed by atoms with E-state index in [0.717, 1.165) is 0 Å². The Morgan fingerprint density at radius 1 is 0.733 bits per heavy atom. The van der Waals surface area contributed by atoms with Crippen LogP contribution < -0.4 is 22.1 Å². The first-order valence-electron chi connectivity index (χ1n) is 9.29. The molecule has 6 N–H and O–H groups in total. The summed E-state index contributed by atoms with van der Waals surface area (Å²) in [6.45, 7) is 19.2. The Morgan fingerprint density at radius 2 is 1.03 bits per heavy atom. The monoisotopic (exact) mass is 448 g/mol. The lowest BCUT2D eigenvalue weighted by atomic mass is 10.3. The minimum absolute atomic E-state index is 0.177. The van der Waals surface area contributed by atoms with E-state index in [9.17, 15) is 14.4 Å². The minimum Gasteiger partial charge on any atom is -0.379 e. The van der Waals surface area contributed by atoms with Crippen LogP contribution in [0.25, 0.3) is 0 Å². The van der Waals surface area contributed by atoms with Crippen LogP contribution in [0.4, 0.5) is 0 Å². The van der Waals surface area contributed by atoms with E-state index in [1.54, 1.807) is 20.8 Å². The molecule has 0 rings (SSSR count). The van der Waals surface area contributed by atoms with Crippen molar-refractivity contribution in [2.24, 2.45) is 11.5 Å². The lowest BCUT2D eigenvalue weighted by Crippen LogP contribution is -2.30. The van der Waals surface area contributed by atoms with Gasteiger partial charge in [-0.3, -0.25) is 14.4 Å². The van der Waals surface area contributed by atoms with E-state index >= 15 is 0 Å². The summed E-state index contributed by atoms with van der Waals surface area (Å²) in [6.07, 6.45) is 0. The second kappa shape index (κ2) is 23.2. The minimum atomic E-state index is -0.463.